The van der Waals surface area contributed by atoms with Gasteiger partial charge >= 0.3 is 0 Å². The molecule has 6 heteroatoms. The van der Waals surface area contributed by atoms with E-state index in [2.05, 4.69) is 4.90 Å². The number of piperidine rings is 1. The number of amides is 1. The third-order valence-corrected chi connectivity index (χ3v) is 6.76. The molecule has 1 aromatic carbocycles. The van der Waals surface area contributed by atoms with Crippen molar-refractivity contribution >= 4 is 16.9 Å². The molecule has 1 aliphatic carbocycles. The SMILES string of the molecule is O=C([C@H]1CCCN(Cc2c(O)ccc3oc4c(c23)CCCC4)C1)N1CCOCC1. The van der Waals surface area contributed by atoms with Crippen LogP contribution in [0.2, 0.25) is 0 Å². The maximum Gasteiger partial charge on any atom is 0.227 e. The van der Waals surface area contributed by atoms with Gasteiger partial charge in [0.25, 0.3) is 0 Å². The van der Waals surface area contributed by atoms with E-state index in [9.17, 15) is 9.90 Å². The molecule has 2 saturated heterocycles. The molecule has 0 saturated carbocycles. The van der Waals surface area contributed by atoms with Gasteiger partial charge in [-0.3, -0.25) is 9.69 Å². The number of hydrogen-bond donors (Lipinski definition) is 1. The molecule has 6 nitrogen and oxygen atoms in total. The van der Waals surface area contributed by atoms with E-state index < -0.39 is 0 Å². The van der Waals surface area contributed by atoms with Crippen LogP contribution in [-0.2, 0) is 28.9 Å². The lowest BCUT2D eigenvalue weighted by atomic mass is 9.92. The molecule has 2 aromatic rings. The number of morpholine rings is 1. The molecule has 156 valence electrons. The number of aromatic hydroxyl groups is 1. The minimum absolute atomic E-state index is 0.0430. The Hall–Kier alpha value is -2.05. The van der Waals surface area contributed by atoms with Crippen molar-refractivity contribution in [2.24, 2.45) is 5.92 Å². The third kappa shape index (κ3) is 3.64. The van der Waals surface area contributed by atoms with Crippen LogP contribution in [-0.4, -0.2) is 60.2 Å². The minimum atomic E-state index is 0.0430. The molecule has 3 heterocycles. The van der Waals surface area contributed by atoms with Gasteiger partial charge in [0.2, 0.25) is 5.91 Å². The monoisotopic (exact) mass is 398 g/mol. The van der Waals surface area contributed by atoms with Gasteiger partial charge in [-0.15, -0.1) is 0 Å². The number of hydrogen-bond acceptors (Lipinski definition) is 5. The molecule has 0 bridgehead atoms. The largest absolute Gasteiger partial charge is 0.508 e. The standard InChI is InChI=1S/C23H30N2O4/c26-19-7-8-21-22(17-5-1-2-6-20(17)29-21)18(19)15-24-9-3-4-16(14-24)23(27)25-10-12-28-13-11-25/h7-8,16,26H,1-6,9-15H2/t16-/m0/s1. The van der Waals surface area contributed by atoms with Gasteiger partial charge < -0.3 is 19.2 Å². The molecule has 0 spiro atoms. The van der Waals surface area contributed by atoms with E-state index in [1.54, 1.807) is 6.07 Å². The lowest BCUT2D eigenvalue weighted by Crippen LogP contribution is -2.48. The van der Waals surface area contributed by atoms with Gasteiger partial charge in [-0.25, -0.2) is 0 Å². The topological polar surface area (TPSA) is 66.2 Å². The van der Waals surface area contributed by atoms with Crippen LogP contribution in [0.1, 0.15) is 42.6 Å². The summed E-state index contributed by atoms with van der Waals surface area (Å²) >= 11 is 0. The predicted molar refractivity (Wildman–Crippen MR) is 110 cm³/mol. The number of phenolic OH excluding ortho intramolecular Hbond substituents is 1. The van der Waals surface area contributed by atoms with Crippen LogP contribution in [0.25, 0.3) is 11.0 Å². The summed E-state index contributed by atoms with van der Waals surface area (Å²) in [4.78, 5) is 17.3. The van der Waals surface area contributed by atoms with Crippen LogP contribution in [0, 0.1) is 5.92 Å². The molecule has 3 aliphatic rings. The summed E-state index contributed by atoms with van der Waals surface area (Å²) in [6.07, 6.45) is 6.33. The molecular weight excluding hydrogens is 368 g/mol. The Morgan fingerprint density at radius 2 is 1.93 bits per heavy atom. The van der Waals surface area contributed by atoms with Gasteiger partial charge in [0.05, 0.1) is 19.1 Å². The van der Waals surface area contributed by atoms with Gasteiger partial charge in [-0.1, -0.05) is 0 Å². The van der Waals surface area contributed by atoms with E-state index in [0.717, 1.165) is 61.1 Å². The fourth-order valence-electron chi connectivity index (χ4n) is 5.24. The molecule has 0 radical (unpaired) electrons. The summed E-state index contributed by atoms with van der Waals surface area (Å²) in [7, 11) is 0. The maximum absolute atomic E-state index is 13.0. The third-order valence-electron chi connectivity index (χ3n) is 6.76. The van der Waals surface area contributed by atoms with E-state index in [4.69, 9.17) is 9.15 Å². The van der Waals surface area contributed by atoms with E-state index in [1.165, 1.54) is 18.4 Å². The summed E-state index contributed by atoms with van der Waals surface area (Å²) in [6, 6.07) is 3.65. The van der Waals surface area contributed by atoms with Crippen LogP contribution >= 0.6 is 0 Å². The average Bonchev–Trinajstić information content (AvgIpc) is 3.15. The number of fused-ring (bicyclic) bond motifs is 3. The lowest BCUT2D eigenvalue weighted by molar-refractivity contribution is -0.141. The Morgan fingerprint density at radius 1 is 1.10 bits per heavy atom. The van der Waals surface area contributed by atoms with Crippen LogP contribution in [0.5, 0.6) is 5.75 Å². The van der Waals surface area contributed by atoms with Crippen molar-refractivity contribution in [3.8, 4) is 5.75 Å². The zero-order chi connectivity index (χ0) is 19.8. The highest BCUT2D eigenvalue weighted by Crippen LogP contribution is 2.38. The predicted octanol–water partition coefficient (Wildman–Crippen LogP) is 3.09. The summed E-state index contributed by atoms with van der Waals surface area (Å²) in [5, 5.41) is 11.8. The highest BCUT2D eigenvalue weighted by atomic mass is 16.5. The molecule has 1 atom stereocenters. The summed E-state index contributed by atoms with van der Waals surface area (Å²) in [5.41, 5.74) is 3.15. The van der Waals surface area contributed by atoms with Crippen molar-refractivity contribution < 1.29 is 19.1 Å². The molecular formula is C23H30N2O4. The zero-order valence-corrected chi connectivity index (χ0v) is 17.0. The van der Waals surface area contributed by atoms with E-state index in [0.29, 0.717) is 38.6 Å². The number of likely N-dealkylation sites (tertiary alicyclic amines) is 1. The van der Waals surface area contributed by atoms with Gasteiger partial charge in [0.1, 0.15) is 17.1 Å². The van der Waals surface area contributed by atoms with E-state index >= 15 is 0 Å². The number of benzene rings is 1. The zero-order valence-electron chi connectivity index (χ0n) is 17.0. The maximum atomic E-state index is 13.0. The summed E-state index contributed by atoms with van der Waals surface area (Å²) in [6.45, 7) is 5.08. The molecule has 0 unspecified atom stereocenters. The van der Waals surface area contributed by atoms with Crippen LogP contribution in [0.15, 0.2) is 16.5 Å². The van der Waals surface area contributed by atoms with Crippen molar-refractivity contribution in [2.45, 2.75) is 45.1 Å². The molecule has 1 amide bonds. The first kappa shape index (κ1) is 18.9. The number of ether oxygens (including phenoxy) is 1. The second kappa shape index (κ2) is 8.00. The Kier molecular flexibility index (Phi) is 5.22. The number of phenols is 1. The van der Waals surface area contributed by atoms with E-state index in [1.807, 2.05) is 11.0 Å². The number of nitrogens with zero attached hydrogens (tertiary/aromatic N) is 2. The van der Waals surface area contributed by atoms with Crippen molar-refractivity contribution in [1.82, 2.24) is 9.80 Å². The number of carbonyl (C=O) groups is 1. The van der Waals surface area contributed by atoms with Crippen LogP contribution in [0.4, 0.5) is 0 Å². The highest BCUT2D eigenvalue weighted by Gasteiger charge is 2.31. The van der Waals surface area contributed by atoms with Crippen LogP contribution < -0.4 is 0 Å². The molecule has 2 aliphatic heterocycles. The van der Waals surface area contributed by atoms with Crippen molar-refractivity contribution in [3.05, 3.63) is 29.0 Å². The minimum Gasteiger partial charge on any atom is -0.508 e. The Balaban J connectivity index is 1.37. The van der Waals surface area contributed by atoms with Crippen molar-refractivity contribution in [3.63, 3.8) is 0 Å². The fourth-order valence-corrected chi connectivity index (χ4v) is 5.24. The molecule has 2 fully saturated rings. The first-order valence-corrected chi connectivity index (χ1v) is 11.0. The second-order valence-electron chi connectivity index (χ2n) is 8.66. The second-order valence-corrected chi connectivity index (χ2v) is 8.66. The number of furan rings is 1. The number of carbonyl (C=O) groups excluding carboxylic acids is 1. The van der Waals surface area contributed by atoms with Gasteiger partial charge in [0.15, 0.2) is 0 Å². The lowest BCUT2D eigenvalue weighted by Gasteiger charge is -2.36. The highest BCUT2D eigenvalue weighted by molar-refractivity contribution is 5.88. The molecule has 29 heavy (non-hydrogen) atoms. The van der Waals surface area contributed by atoms with Crippen molar-refractivity contribution in [2.75, 3.05) is 39.4 Å². The Bertz CT molecular complexity index is 900. The number of rotatable bonds is 3. The summed E-state index contributed by atoms with van der Waals surface area (Å²) < 4.78 is 11.5. The van der Waals surface area contributed by atoms with E-state index in [-0.39, 0.29) is 11.8 Å². The Labute approximate surface area is 171 Å². The smallest absolute Gasteiger partial charge is 0.227 e. The first-order chi connectivity index (χ1) is 14.2. The molecule has 1 aromatic heterocycles. The summed E-state index contributed by atoms with van der Waals surface area (Å²) in [5.74, 6) is 1.74. The van der Waals surface area contributed by atoms with Crippen LogP contribution in [0.3, 0.4) is 0 Å². The normalized spacial score (nSPS) is 23.3. The first-order valence-electron chi connectivity index (χ1n) is 11.0. The fraction of sp³-hybridized carbons (Fsp3) is 0.609. The molecule has 1 N–H and O–H groups in total. The quantitative estimate of drug-likeness (QED) is 0.861. The van der Waals surface area contributed by atoms with Gasteiger partial charge in [0, 0.05) is 49.1 Å². The average molecular weight is 399 g/mol. The van der Waals surface area contributed by atoms with Gasteiger partial charge in [-0.05, 0) is 50.8 Å². The molecule has 5 rings (SSSR count). The van der Waals surface area contributed by atoms with Gasteiger partial charge in [-0.2, -0.15) is 0 Å². The Morgan fingerprint density at radius 3 is 2.79 bits per heavy atom. The van der Waals surface area contributed by atoms with Crippen molar-refractivity contribution in [1.29, 1.82) is 0 Å². The number of aryl methyl sites for hydroxylation is 2.